The fourth-order valence-corrected chi connectivity index (χ4v) is 1.54. The van der Waals surface area contributed by atoms with Gasteiger partial charge in [0.05, 0.1) is 17.1 Å². The van der Waals surface area contributed by atoms with Gasteiger partial charge in [-0.3, -0.25) is 0 Å². The molecule has 4 nitrogen and oxygen atoms in total. The normalized spacial score (nSPS) is 10.3. The third kappa shape index (κ3) is 1.66. The van der Waals surface area contributed by atoms with Crippen molar-refractivity contribution in [1.29, 1.82) is 0 Å². The van der Waals surface area contributed by atoms with E-state index in [9.17, 15) is 0 Å². The Hall–Kier alpha value is -1.97. The predicted octanol–water partition coefficient (Wildman–Crippen LogP) is 1.80. The molecular weight excluding hydrogens is 188 g/mol. The number of aryl methyl sites for hydroxylation is 1. The molecule has 0 radical (unpaired) electrons. The number of rotatable bonds is 2. The minimum Gasteiger partial charge on any atom is -0.397 e. The molecule has 0 bridgehead atoms. The van der Waals surface area contributed by atoms with E-state index in [1.54, 1.807) is 6.20 Å². The molecule has 0 atom stereocenters. The van der Waals surface area contributed by atoms with Crippen LogP contribution in [0.1, 0.15) is 5.56 Å². The van der Waals surface area contributed by atoms with Gasteiger partial charge in [0, 0.05) is 19.4 Å². The van der Waals surface area contributed by atoms with Gasteiger partial charge in [-0.1, -0.05) is 0 Å². The lowest BCUT2D eigenvalue weighted by Gasteiger charge is -2.11. The summed E-state index contributed by atoms with van der Waals surface area (Å²) in [5, 5.41) is 7.25. The van der Waals surface area contributed by atoms with Crippen LogP contribution < -0.4 is 11.1 Å². The van der Waals surface area contributed by atoms with Crippen LogP contribution in [-0.4, -0.2) is 16.8 Å². The van der Waals surface area contributed by atoms with E-state index in [0.29, 0.717) is 0 Å². The van der Waals surface area contributed by atoms with E-state index in [4.69, 9.17) is 5.73 Å². The summed E-state index contributed by atoms with van der Waals surface area (Å²) in [4.78, 5) is 0. The number of nitrogens with two attached hydrogens (primary N) is 1. The Morgan fingerprint density at radius 3 is 2.80 bits per heavy atom. The molecular formula is C11H14N4. The smallest absolute Gasteiger partial charge is 0.0670 e. The molecule has 0 saturated carbocycles. The second kappa shape index (κ2) is 3.65. The van der Waals surface area contributed by atoms with Gasteiger partial charge in [-0.05, 0) is 30.7 Å². The van der Waals surface area contributed by atoms with Gasteiger partial charge in [-0.2, -0.15) is 5.10 Å². The minimum absolute atomic E-state index is 0.786. The fourth-order valence-electron chi connectivity index (χ4n) is 1.54. The van der Waals surface area contributed by atoms with Gasteiger partial charge in [0.15, 0.2) is 0 Å². The maximum Gasteiger partial charge on any atom is 0.0670 e. The summed E-state index contributed by atoms with van der Waals surface area (Å²) in [7, 11) is 1.86. The highest BCUT2D eigenvalue weighted by molar-refractivity contribution is 5.72. The van der Waals surface area contributed by atoms with Crippen molar-refractivity contribution in [2.75, 3.05) is 18.1 Å². The van der Waals surface area contributed by atoms with E-state index < -0.39 is 0 Å². The van der Waals surface area contributed by atoms with Crippen molar-refractivity contribution in [1.82, 2.24) is 9.78 Å². The molecule has 0 aliphatic heterocycles. The van der Waals surface area contributed by atoms with E-state index >= 15 is 0 Å². The molecule has 0 spiro atoms. The average molecular weight is 202 g/mol. The number of benzene rings is 1. The summed E-state index contributed by atoms with van der Waals surface area (Å²) in [5.41, 5.74) is 9.70. The summed E-state index contributed by atoms with van der Waals surface area (Å²) in [5.74, 6) is 0. The van der Waals surface area contributed by atoms with Gasteiger partial charge in [0.1, 0.15) is 0 Å². The van der Waals surface area contributed by atoms with Crippen LogP contribution in [0.2, 0.25) is 0 Å². The fraction of sp³-hybridized carbons (Fsp3) is 0.182. The Labute approximate surface area is 88.7 Å². The third-order valence-electron chi connectivity index (χ3n) is 2.41. The van der Waals surface area contributed by atoms with E-state index in [2.05, 4.69) is 10.4 Å². The SMILES string of the molecule is CNc1cc(-n2cccn2)cc(C)c1N. The topological polar surface area (TPSA) is 55.9 Å². The van der Waals surface area contributed by atoms with Crippen LogP contribution in [0.15, 0.2) is 30.6 Å². The highest BCUT2D eigenvalue weighted by atomic mass is 15.3. The molecule has 4 heteroatoms. The average Bonchev–Trinajstić information content (AvgIpc) is 2.75. The standard InChI is InChI=1S/C11H14N4/c1-8-6-9(15-5-3-4-14-15)7-10(13-2)11(8)12/h3-7,13H,12H2,1-2H3. The van der Waals surface area contributed by atoms with E-state index in [0.717, 1.165) is 22.6 Å². The summed E-state index contributed by atoms with van der Waals surface area (Å²) in [6, 6.07) is 5.89. The Bertz CT molecular complexity index is 460. The van der Waals surface area contributed by atoms with Crippen molar-refractivity contribution in [3.05, 3.63) is 36.2 Å². The summed E-state index contributed by atoms with van der Waals surface area (Å²) in [6.45, 7) is 1.99. The van der Waals surface area contributed by atoms with Gasteiger partial charge in [-0.15, -0.1) is 0 Å². The second-order valence-corrected chi connectivity index (χ2v) is 3.42. The molecule has 2 aromatic rings. The van der Waals surface area contributed by atoms with Gasteiger partial charge in [0.2, 0.25) is 0 Å². The first-order valence-electron chi connectivity index (χ1n) is 4.80. The van der Waals surface area contributed by atoms with Crippen LogP contribution in [0, 0.1) is 6.92 Å². The Morgan fingerprint density at radius 1 is 1.40 bits per heavy atom. The molecule has 1 heterocycles. The molecule has 1 aromatic carbocycles. The molecule has 0 fully saturated rings. The van der Waals surface area contributed by atoms with Crippen molar-refractivity contribution in [2.24, 2.45) is 0 Å². The quantitative estimate of drug-likeness (QED) is 0.730. The molecule has 0 aliphatic carbocycles. The molecule has 15 heavy (non-hydrogen) atoms. The number of anilines is 2. The van der Waals surface area contributed by atoms with Crippen molar-refractivity contribution in [3.63, 3.8) is 0 Å². The molecule has 0 amide bonds. The number of aromatic nitrogens is 2. The Morgan fingerprint density at radius 2 is 2.20 bits per heavy atom. The van der Waals surface area contributed by atoms with Gasteiger partial charge in [0.25, 0.3) is 0 Å². The zero-order valence-corrected chi connectivity index (χ0v) is 8.86. The molecule has 0 unspecified atom stereocenters. The monoisotopic (exact) mass is 202 g/mol. The first kappa shape index (κ1) is 9.58. The third-order valence-corrected chi connectivity index (χ3v) is 2.41. The number of hydrogen-bond acceptors (Lipinski definition) is 3. The number of nitrogens with zero attached hydrogens (tertiary/aromatic N) is 2. The van der Waals surface area contributed by atoms with Crippen LogP contribution in [-0.2, 0) is 0 Å². The lowest BCUT2D eigenvalue weighted by molar-refractivity contribution is 0.879. The van der Waals surface area contributed by atoms with E-state index in [1.807, 2.05) is 43.0 Å². The Kier molecular flexibility index (Phi) is 2.33. The van der Waals surface area contributed by atoms with Gasteiger partial charge in [-0.25, -0.2) is 4.68 Å². The highest BCUT2D eigenvalue weighted by Gasteiger charge is 2.05. The van der Waals surface area contributed by atoms with Crippen molar-refractivity contribution in [2.45, 2.75) is 6.92 Å². The first-order valence-corrected chi connectivity index (χ1v) is 4.80. The van der Waals surface area contributed by atoms with E-state index in [-0.39, 0.29) is 0 Å². The van der Waals surface area contributed by atoms with Crippen LogP contribution in [0.4, 0.5) is 11.4 Å². The molecule has 0 aliphatic rings. The minimum atomic E-state index is 0.786. The number of nitrogens with one attached hydrogen (secondary N) is 1. The zero-order chi connectivity index (χ0) is 10.8. The summed E-state index contributed by atoms with van der Waals surface area (Å²) < 4.78 is 1.81. The lowest BCUT2D eigenvalue weighted by atomic mass is 10.1. The van der Waals surface area contributed by atoms with Crippen molar-refractivity contribution in [3.8, 4) is 5.69 Å². The number of hydrogen-bond donors (Lipinski definition) is 2. The van der Waals surface area contributed by atoms with Crippen LogP contribution in [0.5, 0.6) is 0 Å². The highest BCUT2D eigenvalue weighted by Crippen LogP contribution is 2.25. The zero-order valence-electron chi connectivity index (χ0n) is 8.86. The lowest BCUT2D eigenvalue weighted by Crippen LogP contribution is -2.02. The van der Waals surface area contributed by atoms with Gasteiger partial charge < -0.3 is 11.1 Å². The van der Waals surface area contributed by atoms with Crippen molar-refractivity contribution < 1.29 is 0 Å². The van der Waals surface area contributed by atoms with Crippen LogP contribution in [0.25, 0.3) is 5.69 Å². The van der Waals surface area contributed by atoms with Crippen LogP contribution >= 0.6 is 0 Å². The number of nitrogen functional groups attached to an aromatic ring is 1. The Balaban J connectivity index is 2.55. The van der Waals surface area contributed by atoms with E-state index in [1.165, 1.54) is 0 Å². The molecule has 78 valence electrons. The predicted molar refractivity (Wildman–Crippen MR) is 62.3 cm³/mol. The molecule has 3 N–H and O–H groups in total. The maximum atomic E-state index is 5.92. The summed E-state index contributed by atoms with van der Waals surface area (Å²) >= 11 is 0. The van der Waals surface area contributed by atoms with Crippen molar-refractivity contribution >= 4 is 11.4 Å². The molecule has 1 aromatic heterocycles. The summed E-state index contributed by atoms with van der Waals surface area (Å²) in [6.07, 6.45) is 3.66. The second-order valence-electron chi connectivity index (χ2n) is 3.42. The molecule has 2 rings (SSSR count). The van der Waals surface area contributed by atoms with Crippen LogP contribution in [0.3, 0.4) is 0 Å². The van der Waals surface area contributed by atoms with Gasteiger partial charge >= 0.3 is 0 Å². The largest absolute Gasteiger partial charge is 0.397 e. The first-order chi connectivity index (χ1) is 7.22. The maximum absolute atomic E-state index is 5.92. The molecule has 0 saturated heterocycles.